The van der Waals surface area contributed by atoms with E-state index >= 15 is 0 Å². The Morgan fingerprint density at radius 3 is 2.69 bits per heavy atom. The van der Waals surface area contributed by atoms with Crippen LogP contribution in [-0.4, -0.2) is 41.3 Å². The van der Waals surface area contributed by atoms with Gasteiger partial charge < -0.3 is 15.4 Å². The molecule has 9 heteroatoms. The SMILES string of the molecule is Nc1nccc(Sc2cnc(N3CCC4(CCOC4)CC3)c(Cl)n2)c1Cl. The van der Waals surface area contributed by atoms with Crippen LogP contribution in [0.3, 0.4) is 0 Å². The number of nitrogens with zero attached hydrogens (tertiary/aromatic N) is 4. The number of hydrogen-bond acceptors (Lipinski definition) is 7. The summed E-state index contributed by atoms with van der Waals surface area (Å²) in [6.07, 6.45) is 6.71. The van der Waals surface area contributed by atoms with Crippen molar-refractivity contribution in [2.24, 2.45) is 5.41 Å². The van der Waals surface area contributed by atoms with Gasteiger partial charge in [-0.3, -0.25) is 0 Å². The van der Waals surface area contributed by atoms with Gasteiger partial charge in [0.25, 0.3) is 0 Å². The molecule has 2 N–H and O–H groups in total. The van der Waals surface area contributed by atoms with Gasteiger partial charge in [0.2, 0.25) is 0 Å². The molecule has 4 rings (SSSR count). The standard InChI is InChI=1S/C17H19Cl2N5OS/c18-13-11(1-5-21-15(13)20)26-12-9-22-16(14(19)23-12)24-6-2-17(3-7-24)4-8-25-10-17/h1,5,9H,2-4,6-8,10H2,(H2,20,21). The van der Waals surface area contributed by atoms with Gasteiger partial charge in [-0.1, -0.05) is 35.0 Å². The molecular weight excluding hydrogens is 393 g/mol. The Hall–Kier alpha value is -1.28. The van der Waals surface area contributed by atoms with Crippen molar-refractivity contribution >= 4 is 46.6 Å². The molecule has 0 aromatic carbocycles. The first-order valence-corrected chi connectivity index (χ1v) is 10.1. The van der Waals surface area contributed by atoms with Crippen molar-refractivity contribution in [2.45, 2.75) is 29.2 Å². The molecule has 0 saturated carbocycles. The van der Waals surface area contributed by atoms with E-state index in [1.807, 2.05) is 0 Å². The van der Waals surface area contributed by atoms with Crippen LogP contribution in [0.25, 0.3) is 0 Å². The Morgan fingerprint density at radius 2 is 2.00 bits per heavy atom. The van der Waals surface area contributed by atoms with E-state index in [0.717, 1.165) is 56.3 Å². The van der Waals surface area contributed by atoms with E-state index in [0.29, 0.717) is 26.4 Å². The fraction of sp³-hybridized carbons (Fsp3) is 0.471. The van der Waals surface area contributed by atoms with E-state index in [1.54, 1.807) is 18.5 Å². The minimum absolute atomic E-state index is 0.297. The zero-order valence-corrected chi connectivity index (χ0v) is 16.4. The Bertz CT molecular complexity index is 806. The van der Waals surface area contributed by atoms with Crippen LogP contribution in [0.15, 0.2) is 28.4 Å². The molecule has 4 heterocycles. The lowest BCUT2D eigenvalue weighted by Crippen LogP contribution is -2.41. The van der Waals surface area contributed by atoms with Gasteiger partial charge in [-0.2, -0.15) is 0 Å². The van der Waals surface area contributed by atoms with E-state index in [2.05, 4.69) is 19.9 Å². The highest BCUT2D eigenvalue weighted by molar-refractivity contribution is 7.99. The normalized spacial score (nSPS) is 19.2. The highest BCUT2D eigenvalue weighted by Crippen LogP contribution is 2.41. The molecule has 2 aliphatic rings. The number of piperidine rings is 1. The van der Waals surface area contributed by atoms with Gasteiger partial charge in [0, 0.05) is 30.8 Å². The minimum Gasteiger partial charge on any atom is -0.382 e. The summed E-state index contributed by atoms with van der Waals surface area (Å²) in [5.41, 5.74) is 6.09. The minimum atomic E-state index is 0.297. The van der Waals surface area contributed by atoms with Gasteiger partial charge in [-0.15, -0.1) is 0 Å². The summed E-state index contributed by atoms with van der Waals surface area (Å²) in [7, 11) is 0. The smallest absolute Gasteiger partial charge is 0.172 e. The molecule has 2 fully saturated rings. The van der Waals surface area contributed by atoms with Crippen LogP contribution in [0, 0.1) is 5.41 Å². The van der Waals surface area contributed by atoms with Crippen LogP contribution < -0.4 is 10.6 Å². The van der Waals surface area contributed by atoms with Gasteiger partial charge in [0.05, 0.1) is 17.8 Å². The average molecular weight is 412 g/mol. The fourth-order valence-electron chi connectivity index (χ4n) is 3.48. The van der Waals surface area contributed by atoms with Crippen molar-refractivity contribution in [3.8, 4) is 0 Å². The van der Waals surface area contributed by atoms with Crippen LogP contribution in [0.5, 0.6) is 0 Å². The molecule has 0 bridgehead atoms. The van der Waals surface area contributed by atoms with Crippen molar-refractivity contribution < 1.29 is 4.74 Å². The molecule has 0 amide bonds. The second kappa shape index (κ2) is 7.38. The Labute approximate surface area is 166 Å². The van der Waals surface area contributed by atoms with Gasteiger partial charge in [-0.05, 0) is 30.7 Å². The molecule has 0 atom stereocenters. The van der Waals surface area contributed by atoms with Crippen LogP contribution in [0.4, 0.5) is 11.6 Å². The zero-order chi connectivity index (χ0) is 18.1. The maximum atomic E-state index is 6.43. The summed E-state index contributed by atoms with van der Waals surface area (Å²) in [5, 5.41) is 1.50. The van der Waals surface area contributed by atoms with Crippen molar-refractivity contribution in [2.75, 3.05) is 36.9 Å². The van der Waals surface area contributed by atoms with Crippen molar-refractivity contribution in [3.05, 3.63) is 28.6 Å². The molecule has 2 saturated heterocycles. The summed E-state index contributed by atoms with van der Waals surface area (Å²) < 4.78 is 5.59. The summed E-state index contributed by atoms with van der Waals surface area (Å²) in [5.74, 6) is 1.04. The third kappa shape index (κ3) is 3.58. The molecule has 6 nitrogen and oxygen atoms in total. The topological polar surface area (TPSA) is 77.2 Å². The molecule has 2 aromatic heterocycles. The van der Waals surface area contributed by atoms with Gasteiger partial charge in [0.1, 0.15) is 10.8 Å². The summed E-state index contributed by atoms with van der Waals surface area (Å²) in [6, 6.07) is 1.79. The first-order valence-electron chi connectivity index (χ1n) is 8.49. The molecular formula is C17H19Cl2N5OS. The Morgan fingerprint density at radius 1 is 1.19 bits per heavy atom. The number of anilines is 2. The van der Waals surface area contributed by atoms with E-state index in [9.17, 15) is 0 Å². The summed E-state index contributed by atoms with van der Waals surface area (Å²) >= 11 is 14.0. The number of hydrogen-bond donors (Lipinski definition) is 1. The monoisotopic (exact) mass is 411 g/mol. The molecule has 26 heavy (non-hydrogen) atoms. The number of nitrogen functional groups attached to an aromatic ring is 1. The predicted molar refractivity (Wildman–Crippen MR) is 104 cm³/mol. The van der Waals surface area contributed by atoms with Crippen LogP contribution in [0.2, 0.25) is 10.2 Å². The Kier molecular flexibility index (Phi) is 5.14. The van der Waals surface area contributed by atoms with Crippen LogP contribution >= 0.6 is 35.0 Å². The number of rotatable bonds is 3. The number of nitrogens with two attached hydrogens (primary N) is 1. The van der Waals surface area contributed by atoms with E-state index < -0.39 is 0 Å². The van der Waals surface area contributed by atoms with Crippen LogP contribution in [-0.2, 0) is 4.74 Å². The van der Waals surface area contributed by atoms with Gasteiger partial charge in [-0.25, -0.2) is 15.0 Å². The number of halogens is 2. The first-order chi connectivity index (χ1) is 12.6. The van der Waals surface area contributed by atoms with Gasteiger partial charge in [0.15, 0.2) is 11.0 Å². The lowest BCUT2D eigenvalue weighted by molar-refractivity contribution is 0.133. The van der Waals surface area contributed by atoms with E-state index in [1.165, 1.54) is 11.8 Å². The average Bonchev–Trinajstić information content (AvgIpc) is 3.08. The number of ether oxygens (including phenoxy) is 1. The Balaban J connectivity index is 1.47. The second-order valence-electron chi connectivity index (χ2n) is 6.72. The predicted octanol–water partition coefficient (Wildman–Crippen LogP) is 3.92. The van der Waals surface area contributed by atoms with Gasteiger partial charge >= 0.3 is 0 Å². The maximum Gasteiger partial charge on any atom is 0.172 e. The van der Waals surface area contributed by atoms with Crippen molar-refractivity contribution in [1.82, 2.24) is 15.0 Å². The highest BCUT2D eigenvalue weighted by Gasteiger charge is 2.38. The number of aromatic nitrogens is 3. The lowest BCUT2D eigenvalue weighted by atomic mass is 9.78. The highest BCUT2D eigenvalue weighted by atomic mass is 35.5. The van der Waals surface area contributed by atoms with Crippen molar-refractivity contribution in [1.29, 1.82) is 0 Å². The first kappa shape index (κ1) is 18.1. The molecule has 138 valence electrons. The lowest BCUT2D eigenvalue weighted by Gasteiger charge is -2.38. The maximum absolute atomic E-state index is 6.43. The van der Waals surface area contributed by atoms with Crippen LogP contribution in [0.1, 0.15) is 19.3 Å². The molecule has 2 aliphatic heterocycles. The molecule has 0 aliphatic carbocycles. The zero-order valence-electron chi connectivity index (χ0n) is 14.1. The molecule has 0 radical (unpaired) electrons. The third-order valence-corrected chi connectivity index (χ3v) is 6.82. The summed E-state index contributed by atoms with van der Waals surface area (Å²) in [6.45, 7) is 3.62. The quantitative estimate of drug-likeness (QED) is 0.819. The van der Waals surface area contributed by atoms with Crippen molar-refractivity contribution in [3.63, 3.8) is 0 Å². The molecule has 2 aromatic rings. The summed E-state index contributed by atoms with van der Waals surface area (Å²) in [4.78, 5) is 16.0. The second-order valence-corrected chi connectivity index (χ2v) is 8.52. The largest absolute Gasteiger partial charge is 0.382 e. The van der Waals surface area contributed by atoms with E-state index in [-0.39, 0.29) is 0 Å². The third-order valence-electron chi connectivity index (χ3n) is 5.09. The van der Waals surface area contributed by atoms with E-state index in [4.69, 9.17) is 33.7 Å². The number of pyridine rings is 1. The fourth-order valence-corrected chi connectivity index (χ4v) is 4.80. The molecule has 0 unspecified atom stereocenters. The molecule has 1 spiro atoms.